The lowest BCUT2D eigenvalue weighted by molar-refractivity contribution is 0.630. The van der Waals surface area contributed by atoms with Gasteiger partial charge in [0.05, 0.1) is 7.05 Å². The molecule has 0 unspecified atom stereocenters. The normalized spacial score (nSPS) is 9.50. The quantitative estimate of drug-likeness (QED) is 0.777. The monoisotopic (exact) mass is 218 g/mol. The summed E-state index contributed by atoms with van der Waals surface area (Å²) in [7, 11) is 1.76. The molecule has 1 heterocycles. The zero-order chi connectivity index (χ0) is 12.0. The molecule has 0 saturated heterocycles. The Labute approximate surface area is 96.3 Å². The Morgan fingerprint density at radius 3 is 2.19 bits per heavy atom. The molecule has 1 aromatic carbocycles. The van der Waals surface area contributed by atoms with Gasteiger partial charge in [0.25, 0.3) is 0 Å². The molecule has 86 valence electrons. The standard InChI is InChI=1S/C10H12N4.C2H6/c1-3-8-4-6-9(7-5-8)10-11-13-14(2)12-10;1-2/h4-7H,3H2,1-2H3;1-2H3. The molecule has 0 fully saturated rings. The van der Waals surface area contributed by atoms with Gasteiger partial charge in [-0.2, -0.15) is 4.80 Å². The number of aryl methyl sites for hydroxylation is 2. The number of rotatable bonds is 2. The van der Waals surface area contributed by atoms with Gasteiger partial charge in [0.2, 0.25) is 5.82 Å². The summed E-state index contributed by atoms with van der Waals surface area (Å²) in [4.78, 5) is 1.46. The third kappa shape index (κ3) is 2.89. The molecule has 0 N–H and O–H groups in total. The van der Waals surface area contributed by atoms with E-state index in [-0.39, 0.29) is 0 Å². The van der Waals surface area contributed by atoms with Crippen LogP contribution in [-0.2, 0) is 13.5 Å². The SMILES string of the molecule is CC.CCc1ccc(-c2nnn(C)n2)cc1. The molecule has 0 aliphatic heterocycles. The van der Waals surface area contributed by atoms with Crippen molar-refractivity contribution in [3.63, 3.8) is 0 Å². The Balaban J connectivity index is 0.000000606. The molecule has 0 aliphatic rings. The van der Waals surface area contributed by atoms with Crippen molar-refractivity contribution in [2.75, 3.05) is 0 Å². The molecule has 0 radical (unpaired) electrons. The average Bonchev–Trinajstić information content (AvgIpc) is 2.79. The highest BCUT2D eigenvalue weighted by Crippen LogP contribution is 2.14. The number of aromatic nitrogens is 4. The second kappa shape index (κ2) is 6.00. The first-order valence-electron chi connectivity index (χ1n) is 5.63. The van der Waals surface area contributed by atoms with Crippen LogP contribution in [0.1, 0.15) is 26.3 Å². The molecule has 4 nitrogen and oxygen atoms in total. The maximum Gasteiger partial charge on any atom is 0.204 e. The molecule has 0 bridgehead atoms. The van der Waals surface area contributed by atoms with Crippen molar-refractivity contribution in [2.24, 2.45) is 7.05 Å². The van der Waals surface area contributed by atoms with Gasteiger partial charge in [0.1, 0.15) is 0 Å². The Bertz CT molecular complexity index is 417. The Hall–Kier alpha value is -1.71. The minimum absolute atomic E-state index is 0.676. The predicted molar refractivity (Wildman–Crippen MR) is 65.0 cm³/mol. The van der Waals surface area contributed by atoms with E-state index in [0.717, 1.165) is 12.0 Å². The van der Waals surface area contributed by atoms with Crippen molar-refractivity contribution < 1.29 is 0 Å². The van der Waals surface area contributed by atoms with Crippen molar-refractivity contribution in [2.45, 2.75) is 27.2 Å². The second-order valence-electron chi connectivity index (χ2n) is 3.15. The first-order chi connectivity index (χ1) is 7.79. The average molecular weight is 218 g/mol. The van der Waals surface area contributed by atoms with E-state index in [4.69, 9.17) is 0 Å². The Morgan fingerprint density at radius 1 is 1.12 bits per heavy atom. The van der Waals surface area contributed by atoms with Crippen LogP contribution in [0, 0.1) is 0 Å². The van der Waals surface area contributed by atoms with Crippen LogP contribution in [0.3, 0.4) is 0 Å². The lowest BCUT2D eigenvalue weighted by Gasteiger charge is -1.97. The van der Waals surface area contributed by atoms with Crippen LogP contribution in [0.25, 0.3) is 11.4 Å². The number of benzene rings is 1. The first kappa shape index (κ1) is 12.4. The lowest BCUT2D eigenvalue weighted by Crippen LogP contribution is -1.91. The summed E-state index contributed by atoms with van der Waals surface area (Å²) in [6.45, 7) is 6.13. The topological polar surface area (TPSA) is 43.6 Å². The molecule has 16 heavy (non-hydrogen) atoms. The van der Waals surface area contributed by atoms with Crippen LogP contribution in [0.2, 0.25) is 0 Å². The fourth-order valence-corrected chi connectivity index (χ4v) is 1.29. The maximum absolute atomic E-state index is 4.13. The second-order valence-corrected chi connectivity index (χ2v) is 3.15. The van der Waals surface area contributed by atoms with Crippen molar-refractivity contribution in [1.82, 2.24) is 20.2 Å². The van der Waals surface area contributed by atoms with Crippen LogP contribution in [0.4, 0.5) is 0 Å². The minimum atomic E-state index is 0.676. The van der Waals surface area contributed by atoms with Crippen LogP contribution in [0.5, 0.6) is 0 Å². The van der Waals surface area contributed by atoms with Gasteiger partial charge in [-0.3, -0.25) is 0 Å². The van der Waals surface area contributed by atoms with Crippen molar-refractivity contribution in [3.8, 4) is 11.4 Å². The number of hydrogen-bond acceptors (Lipinski definition) is 3. The van der Waals surface area contributed by atoms with Crippen LogP contribution in [0.15, 0.2) is 24.3 Å². The van der Waals surface area contributed by atoms with Crippen LogP contribution in [-0.4, -0.2) is 20.2 Å². The summed E-state index contributed by atoms with van der Waals surface area (Å²) >= 11 is 0. The van der Waals surface area contributed by atoms with E-state index in [1.165, 1.54) is 10.4 Å². The Morgan fingerprint density at radius 2 is 1.75 bits per heavy atom. The third-order valence-corrected chi connectivity index (χ3v) is 2.13. The molecule has 0 amide bonds. The molecular weight excluding hydrogens is 200 g/mol. The highest BCUT2D eigenvalue weighted by molar-refractivity contribution is 5.54. The lowest BCUT2D eigenvalue weighted by atomic mass is 10.1. The summed E-state index contributed by atoms with van der Waals surface area (Å²) in [5.41, 5.74) is 2.33. The molecule has 0 saturated carbocycles. The highest BCUT2D eigenvalue weighted by Gasteiger charge is 2.02. The fourth-order valence-electron chi connectivity index (χ4n) is 1.29. The summed E-state index contributed by atoms with van der Waals surface area (Å²) in [6, 6.07) is 8.23. The van der Waals surface area contributed by atoms with Gasteiger partial charge in [-0.05, 0) is 17.2 Å². The molecule has 4 heteroatoms. The minimum Gasteiger partial charge on any atom is -0.167 e. The van der Waals surface area contributed by atoms with E-state index in [1.807, 2.05) is 26.0 Å². The number of hydrogen-bond donors (Lipinski definition) is 0. The van der Waals surface area contributed by atoms with E-state index in [0.29, 0.717) is 5.82 Å². The van der Waals surface area contributed by atoms with Gasteiger partial charge in [-0.15, -0.1) is 10.2 Å². The van der Waals surface area contributed by atoms with Gasteiger partial charge in [0, 0.05) is 5.56 Å². The van der Waals surface area contributed by atoms with Crippen LogP contribution < -0.4 is 0 Å². The third-order valence-electron chi connectivity index (χ3n) is 2.13. The largest absolute Gasteiger partial charge is 0.204 e. The Kier molecular flexibility index (Phi) is 4.64. The molecule has 1 aromatic heterocycles. The van der Waals surface area contributed by atoms with Gasteiger partial charge < -0.3 is 0 Å². The smallest absolute Gasteiger partial charge is 0.167 e. The van der Waals surface area contributed by atoms with Gasteiger partial charge >= 0.3 is 0 Å². The molecular formula is C12H18N4. The van der Waals surface area contributed by atoms with Crippen molar-refractivity contribution in [1.29, 1.82) is 0 Å². The van der Waals surface area contributed by atoms with Gasteiger partial charge in [-0.1, -0.05) is 45.0 Å². The summed E-state index contributed by atoms with van der Waals surface area (Å²) in [5, 5.41) is 11.9. The maximum atomic E-state index is 4.13. The zero-order valence-electron chi connectivity index (χ0n) is 10.3. The first-order valence-corrected chi connectivity index (χ1v) is 5.63. The predicted octanol–water partition coefficient (Wildman–Crippen LogP) is 2.47. The van der Waals surface area contributed by atoms with E-state index in [2.05, 4.69) is 34.5 Å². The molecule has 0 atom stereocenters. The van der Waals surface area contributed by atoms with E-state index >= 15 is 0 Å². The van der Waals surface area contributed by atoms with E-state index < -0.39 is 0 Å². The fraction of sp³-hybridized carbons (Fsp3) is 0.417. The number of nitrogens with zero attached hydrogens (tertiary/aromatic N) is 4. The molecule has 2 rings (SSSR count). The van der Waals surface area contributed by atoms with Crippen molar-refractivity contribution in [3.05, 3.63) is 29.8 Å². The molecule has 0 aliphatic carbocycles. The van der Waals surface area contributed by atoms with Crippen LogP contribution >= 0.6 is 0 Å². The van der Waals surface area contributed by atoms with E-state index in [1.54, 1.807) is 7.05 Å². The molecule has 0 spiro atoms. The number of tetrazole rings is 1. The summed E-state index contributed by atoms with van der Waals surface area (Å²) < 4.78 is 0. The summed E-state index contributed by atoms with van der Waals surface area (Å²) in [6.07, 6.45) is 1.05. The zero-order valence-corrected chi connectivity index (χ0v) is 10.3. The van der Waals surface area contributed by atoms with Crippen molar-refractivity contribution >= 4 is 0 Å². The van der Waals surface area contributed by atoms with Gasteiger partial charge in [0.15, 0.2) is 0 Å². The molecule has 2 aromatic rings. The van der Waals surface area contributed by atoms with E-state index in [9.17, 15) is 0 Å². The highest BCUT2D eigenvalue weighted by atomic mass is 15.6. The van der Waals surface area contributed by atoms with Gasteiger partial charge in [-0.25, -0.2) is 0 Å². The summed E-state index contributed by atoms with van der Waals surface area (Å²) in [5.74, 6) is 0.676.